The molecule has 0 radical (unpaired) electrons. The fourth-order valence-corrected chi connectivity index (χ4v) is 2.22. The van der Waals surface area contributed by atoms with Crippen molar-refractivity contribution in [2.75, 3.05) is 7.11 Å². The van der Waals surface area contributed by atoms with Crippen LogP contribution in [0.5, 0.6) is 5.75 Å². The Hall–Kier alpha value is -1.94. The molecule has 19 heavy (non-hydrogen) atoms. The molecule has 3 nitrogen and oxygen atoms in total. The topological polar surface area (TPSA) is 38.7 Å². The van der Waals surface area contributed by atoms with Crippen molar-refractivity contribution in [1.82, 2.24) is 0 Å². The van der Waals surface area contributed by atoms with Crippen LogP contribution in [0.25, 0.3) is 0 Å². The average molecular weight is 273 g/mol. The minimum Gasteiger partial charge on any atom is -0.497 e. The van der Waals surface area contributed by atoms with Gasteiger partial charge < -0.3 is 4.74 Å². The molecule has 0 unspecified atom stereocenters. The van der Waals surface area contributed by atoms with Crippen molar-refractivity contribution in [1.29, 1.82) is 0 Å². The van der Waals surface area contributed by atoms with Crippen LogP contribution in [0.2, 0.25) is 0 Å². The summed E-state index contributed by atoms with van der Waals surface area (Å²) in [6.45, 7) is 1.99. The zero-order valence-electron chi connectivity index (χ0n) is 10.9. The summed E-state index contributed by atoms with van der Waals surface area (Å²) in [6, 6.07) is 14.9. The van der Waals surface area contributed by atoms with Gasteiger partial charge in [0.05, 0.1) is 12.0 Å². The van der Waals surface area contributed by atoms with Crippen LogP contribution in [0.4, 0.5) is 0 Å². The minimum absolute atomic E-state index is 0.704. The summed E-state index contributed by atoms with van der Waals surface area (Å²) >= 11 is 0. The highest BCUT2D eigenvalue weighted by Crippen LogP contribution is 2.12. The molecule has 2 rings (SSSR count). The van der Waals surface area contributed by atoms with E-state index in [1.54, 1.807) is 13.3 Å². The Morgan fingerprint density at radius 3 is 2.26 bits per heavy atom. The van der Waals surface area contributed by atoms with E-state index in [0.29, 0.717) is 4.90 Å². The molecular formula is C15H15NO2S. The van der Waals surface area contributed by atoms with Crippen molar-refractivity contribution in [2.45, 2.75) is 11.8 Å². The van der Waals surface area contributed by atoms with Gasteiger partial charge in [-0.3, -0.25) is 0 Å². The second-order valence-corrected chi connectivity index (χ2v) is 5.25. The molecule has 0 spiro atoms. The molecule has 0 heterocycles. The quantitative estimate of drug-likeness (QED) is 0.803. The maximum absolute atomic E-state index is 11.9. The molecule has 0 aliphatic rings. The highest BCUT2D eigenvalue weighted by atomic mass is 32.2. The molecule has 0 aromatic heterocycles. The molecule has 98 valence electrons. The molecule has 0 N–H and O–H groups in total. The van der Waals surface area contributed by atoms with Crippen LogP contribution in [-0.2, 0) is 11.0 Å². The third kappa shape index (κ3) is 3.76. The molecule has 0 aliphatic carbocycles. The maximum atomic E-state index is 11.9. The second kappa shape index (κ2) is 6.29. The molecule has 2 aromatic rings. The Balaban J connectivity index is 2.08. The maximum Gasteiger partial charge on any atom is 0.172 e. The van der Waals surface area contributed by atoms with Gasteiger partial charge in [0.1, 0.15) is 5.75 Å². The lowest BCUT2D eigenvalue weighted by molar-refractivity contribution is 0.415. The minimum atomic E-state index is -1.36. The zero-order valence-corrected chi connectivity index (χ0v) is 11.7. The van der Waals surface area contributed by atoms with E-state index in [4.69, 9.17) is 4.74 Å². The number of benzene rings is 2. The molecule has 0 saturated heterocycles. The largest absolute Gasteiger partial charge is 0.497 e. The number of hydrogen-bond donors (Lipinski definition) is 0. The predicted molar refractivity (Wildman–Crippen MR) is 78.2 cm³/mol. The standard InChI is InChI=1S/C15H15NO2S/c1-12-3-9-15(10-4-12)19(17)16-11-13-5-7-14(18-2)8-6-13/h3-11H,1-2H3/t19-/m0/s1. The molecule has 0 saturated carbocycles. The van der Waals surface area contributed by atoms with Crippen LogP contribution >= 0.6 is 0 Å². The van der Waals surface area contributed by atoms with E-state index in [-0.39, 0.29) is 0 Å². The normalized spacial score (nSPS) is 12.5. The number of nitrogens with zero attached hydrogens (tertiary/aromatic N) is 1. The van der Waals surface area contributed by atoms with Gasteiger partial charge in [-0.2, -0.15) is 4.40 Å². The van der Waals surface area contributed by atoms with Gasteiger partial charge in [0.15, 0.2) is 11.0 Å². The van der Waals surface area contributed by atoms with Crippen LogP contribution in [0.15, 0.2) is 57.8 Å². The molecular weight excluding hydrogens is 258 g/mol. The van der Waals surface area contributed by atoms with Gasteiger partial charge in [-0.05, 0) is 48.9 Å². The first-order chi connectivity index (χ1) is 9.19. The van der Waals surface area contributed by atoms with Gasteiger partial charge in [-0.15, -0.1) is 0 Å². The zero-order chi connectivity index (χ0) is 13.7. The van der Waals surface area contributed by atoms with E-state index < -0.39 is 11.0 Å². The summed E-state index contributed by atoms with van der Waals surface area (Å²) in [5, 5.41) is 0. The SMILES string of the molecule is COc1ccc(C=N[S@@](=O)c2ccc(C)cc2)cc1. The van der Waals surface area contributed by atoms with Crippen LogP contribution in [-0.4, -0.2) is 17.5 Å². The lowest BCUT2D eigenvalue weighted by atomic mass is 10.2. The van der Waals surface area contributed by atoms with Crippen LogP contribution in [0.1, 0.15) is 11.1 Å². The summed E-state index contributed by atoms with van der Waals surface area (Å²) in [7, 11) is 0.259. The highest BCUT2D eigenvalue weighted by Gasteiger charge is 2.00. The van der Waals surface area contributed by atoms with Crippen molar-refractivity contribution in [2.24, 2.45) is 4.40 Å². The van der Waals surface area contributed by atoms with Gasteiger partial charge >= 0.3 is 0 Å². The number of rotatable bonds is 4. The van der Waals surface area contributed by atoms with Crippen molar-refractivity contribution in [3.8, 4) is 5.75 Å². The first-order valence-electron chi connectivity index (χ1n) is 5.86. The second-order valence-electron chi connectivity index (χ2n) is 4.07. The van der Waals surface area contributed by atoms with Gasteiger partial charge in [-0.25, -0.2) is 4.21 Å². The molecule has 0 amide bonds. The van der Waals surface area contributed by atoms with Gasteiger partial charge in [0.25, 0.3) is 0 Å². The molecule has 0 bridgehead atoms. The van der Waals surface area contributed by atoms with E-state index in [1.807, 2.05) is 55.5 Å². The first kappa shape index (κ1) is 13.5. The van der Waals surface area contributed by atoms with Gasteiger partial charge in [0, 0.05) is 6.21 Å². The third-order valence-corrected chi connectivity index (χ3v) is 3.61. The lowest BCUT2D eigenvalue weighted by Gasteiger charge is -1.99. The van der Waals surface area contributed by atoms with E-state index in [2.05, 4.69) is 4.40 Å². The summed E-state index contributed by atoms with van der Waals surface area (Å²) in [4.78, 5) is 0.704. The molecule has 2 aromatic carbocycles. The number of hydrogen-bond acceptors (Lipinski definition) is 2. The first-order valence-corrected chi connectivity index (χ1v) is 6.96. The van der Waals surface area contributed by atoms with Crippen LogP contribution in [0.3, 0.4) is 0 Å². The Kier molecular flexibility index (Phi) is 4.47. The van der Waals surface area contributed by atoms with Gasteiger partial charge in [-0.1, -0.05) is 17.7 Å². The lowest BCUT2D eigenvalue weighted by Crippen LogP contribution is -1.89. The Bertz CT molecular complexity index is 589. The highest BCUT2D eigenvalue weighted by molar-refractivity contribution is 7.83. The van der Waals surface area contributed by atoms with Crippen LogP contribution < -0.4 is 4.74 Å². The van der Waals surface area contributed by atoms with E-state index in [0.717, 1.165) is 16.9 Å². The molecule has 1 atom stereocenters. The Morgan fingerprint density at radius 1 is 1.05 bits per heavy atom. The van der Waals surface area contributed by atoms with E-state index in [9.17, 15) is 4.21 Å². The Morgan fingerprint density at radius 2 is 1.68 bits per heavy atom. The van der Waals surface area contributed by atoms with Crippen molar-refractivity contribution < 1.29 is 8.95 Å². The van der Waals surface area contributed by atoms with E-state index in [1.165, 1.54) is 0 Å². The Labute approximate surface area is 115 Å². The fourth-order valence-electron chi connectivity index (χ4n) is 1.51. The monoisotopic (exact) mass is 273 g/mol. The number of ether oxygens (including phenoxy) is 1. The summed E-state index contributed by atoms with van der Waals surface area (Å²) in [5.74, 6) is 0.789. The molecule has 0 fully saturated rings. The predicted octanol–water partition coefficient (Wildman–Crippen LogP) is 3.15. The van der Waals surface area contributed by atoms with Crippen molar-refractivity contribution in [3.05, 3.63) is 59.7 Å². The molecule has 0 aliphatic heterocycles. The van der Waals surface area contributed by atoms with Crippen LogP contribution in [0, 0.1) is 6.92 Å². The smallest absolute Gasteiger partial charge is 0.172 e. The third-order valence-electron chi connectivity index (χ3n) is 2.64. The fraction of sp³-hybridized carbons (Fsp3) is 0.133. The van der Waals surface area contributed by atoms with E-state index >= 15 is 0 Å². The summed E-state index contributed by atoms with van der Waals surface area (Å²) in [5.41, 5.74) is 2.03. The number of aryl methyl sites for hydroxylation is 1. The van der Waals surface area contributed by atoms with Crippen molar-refractivity contribution in [3.63, 3.8) is 0 Å². The molecule has 4 heteroatoms. The van der Waals surface area contributed by atoms with Gasteiger partial charge in [0.2, 0.25) is 0 Å². The summed E-state index contributed by atoms with van der Waals surface area (Å²) < 4.78 is 21.1. The average Bonchev–Trinajstić information content (AvgIpc) is 2.46. The van der Waals surface area contributed by atoms with Crippen molar-refractivity contribution >= 4 is 17.2 Å². The summed E-state index contributed by atoms with van der Waals surface area (Å²) in [6.07, 6.45) is 1.61. The number of methoxy groups -OCH3 is 1.